The van der Waals surface area contributed by atoms with Crippen molar-refractivity contribution in [3.05, 3.63) is 17.5 Å². The lowest BCUT2D eigenvalue weighted by Gasteiger charge is -2.29. The number of rotatable bonds is 2. The van der Waals surface area contributed by atoms with Crippen LogP contribution in [0.3, 0.4) is 0 Å². The molecule has 0 aromatic carbocycles. The van der Waals surface area contributed by atoms with Gasteiger partial charge in [-0.3, -0.25) is 9.48 Å². The summed E-state index contributed by atoms with van der Waals surface area (Å²) in [6.45, 7) is 3.71. The molecule has 1 amide bonds. The number of amides is 1. The van der Waals surface area contributed by atoms with Gasteiger partial charge in [0.1, 0.15) is 0 Å². The minimum Gasteiger partial charge on any atom is -0.338 e. The van der Waals surface area contributed by atoms with Gasteiger partial charge in [0.2, 0.25) is 0 Å². The van der Waals surface area contributed by atoms with Crippen molar-refractivity contribution in [2.45, 2.75) is 31.0 Å². The molecule has 0 unspecified atom stereocenters. The van der Waals surface area contributed by atoms with E-state index in [4.69, 9.17) is 0 Å². The predicted molar refractivity (Wildman–Crippen MR) is 70.4 cm³/mol. The number of aryl methyl sites for hydroxylation is 2. The van der Waals surface area contributed by atoms with Gasteiger partial charge >= 0.3 is 0 Å². The second kappa shape index (κ2) is 5.21. The van der Waals surface area contributed by atoms with Crippen molar-refractivity contribution >= 4 is 21.8 Å². The molecule has 1 aliphatic heterocycles. The van der Waals surface area contributed by atoms with Crippen molar-refractivity contribution in [2.24, 2.45) is 7.05 Å². The highest BCUT2D eigenvalue weighted by Gasteiger charge is 2.24. The number of likely N-dealkylation sites (tertiary alicyclic amines) is 1. The SMILES string of the molecule is CCc1nn(C)cc1C(=O)N1CCC(Br)CC1. The lowest BCUT2D eigenvalue weighted by molar-refractivity contribution is 0.0727. The third-order valence-electron chi connectivity index (χ3n) is 3.18. The number of carbonyl (C=O) groups is 1. The Balaban J connectivity index is 2.13. The maximum absolute atomic E-state index is 12.4. The average molecular weight is 300 g/mol. The van der Waals surface area contributed by atoms with Crippen molar-refractivity contribution in [3.63, 3.8) is 0 Å². The van der Waals surface area contributed by atoms with Crippen LogP contribution in [0.5, 0.6) is 0 Å². The summed E-state index contributed by atoms with van der Waals surface area (Å²) in [5, 5.41) is 4.32. The minimum absolute atomic E-state index is 0.134. The first-order chi connectivity index (χ1) is 8.11. The van der Waals surface area contributed by atoms with E-state index in [1.54, 1.807) is 4.68 Å². The average Bonchev–Trinajstić information content (AvgIpc) is 2.70. The molecule has 1 aliphatic rings. The van der Waals surface area contributed by atoms with E-state index in [1.807, 2.05) is 25.1 Å². The third kappa shape index (κ3) is 2.70. The number of halogens is 1. The van der Waals surface area contributed by atoms with Gasteiger partial charge in [-0.2, -0.15) is 5.10 Å². The standard InChI is InChI=1S/C12H18BrN3O/c1-3-11-10(8-15(2)14-11)12(17)16-6-4-9(13)5-7-16/h8-9H,3-7H2,1-2H3. The van der Waals surface area contributed by atoms with Crippen LogP contribution in [-0.2, 0) is 13.5 Å². The number of carbonyl (C=O) groups excluding carboxylic acids is 1. The Morgan fingerprint density at radius 1 is 1.53 bits per heavy atom. The molecule has 0 N–H and O–H groups in total. The molecule has 17 heavy (non-hydrogen) atoms. The molecule has 94 valence electrons. The number of piperidine rings is 1. The molecule has 0 atom stereocenters. The van der Waals surface area contributed by atoms with Crippen molar-refractivity contribution in [1.29, 1.82) is 0 Å². The van der Waals surface area contributed by atoms with Gasteiger partial charge < -0.3 is 4.90 Å². The van der Waals surface area contributed by atoms with Gasteiger partial charge in [-0.05, 0) is 19.3 Å². The zero-order valence-electron chi connectivity index (χ0n) is 10.3. The summed E-state index contributed by atoms with van der Waals surface area (Å²) in [6.07, 6.45) is 4.71. The lowest BCUT2D eigenvalue weighted by Crippen LogP contribution is -2.38. The van der Waals surface area contributed by atoms with Crippen LogP contribution < -0.4 is 0 Å². The Kier molecular flexibility index (Phi) is 3.86. The van der Waals surface area contributed by atoms with Crippen LogP contribution in [0, 0.1) is 0 Å². The summed E-state index contributed by atoms with van der Waals surface area (Å²) < 4.78 is 1.73. The first kappa shape index (κ1) is 12.6. The molecular weight excluding hydrogens is 282 g/mol. The first-order valence-corrected chi connectivity index (χ1v) is 6.99. The topological polar surface area (TPSA) is 38.1 Å². The molecule has 2 rings (SSSR count). The molecule has 0 aliphatic carbocycles. The van der Waals surface area contributed by atoms with Crippen molar-refractivity contribution in [2.75, 3.05) is 13.1 Å². The van der Waals surface area contributed by atoms with Gasteiger partial charge in [0.05, 0.1) is 11.3 Å². The van der Waals surface area contributed by atoms with E-state index in [-0.39, 0.29) is 5.91 Å². The highest BCUT2D eigenvalue weighted by molar-refractivity contribution is 9.09. The Hall–Kier alpha value is -0.840. The fraction of sp³-hybridized carbons (Fsp3) is 0.667. The summed E-state index contributed by atoms with van der Waals surface area (Å²) in [5.74, 6) is 0.134. The molecular formula is C12H18BrN3O. The van der Waals surface area contributed by atoms with Gasteiger partial charge in [-0.1, -0.05) is 22.9 Å². The van der Waals surface area contributed by atoms with E-state index in [9.17, 15) is 4.79 Å². The smallest absolute Gasteiger partial charge is 0.257 e. The van der Waals surface area contributed by atoms with Gasteiger partial charge in [-0.25, -0.2) is 0 Å². The Morgan fingerprint density at radius 3 is 2.76 bits per heavy atom. The Bertz CT molecular complexity index is 408. The third-order valence-corrected chi connectivity index (χ3v) is 4.10. The molecule has 0 spiro atoms. The van der Waals surface area contributed by atoms with Crippen molar-refractivity contribution in [1.82, 2.24) is 14.7 Å². The Morgan fingerprint density at radius 2 is 2.18 bits per heavy atom. The zero-order valence-corrected chi connectivity index (χ0v) is 11.9. The monoisotopic (exact) mass is 299 g/mol. The summed E-state index contributed by atoms with van der Waals surface area (Å²) in [4.78, 5) is 14.9. The van der Waals surface area contributed by atoms with Crippen LogP contribution in [0.1, 0.15) is 35.8 Å². The van der Waals surface area contributed by atoms with Crippen LogP contribution in [0.2, 0.25) is 0 Å². The number of aromatic nitrogens is 2. The van der Waals surface area contributed by atoms with Crippen molar-refractivity contribution in [3.8, 4) is 0 Å². The van der Waals surface area contributed by atoms with Crippen molar-refractivity contribution < 1.29 is 4.79 Å². The maximum Gasteiger partial charge on any atom is 0.257 e. The second-order valence-corrected chi connectivity index (χ2v) is 5.78. The lowest BCUT2D eigenvalue weighted by atomic mass is 10.1. The normalized spacial score (nSPS) is 17.5. The van der Waals surface area contributed by atoms with E-state index < -0.39 is 0 Å². The fourth-order valence-corrected chi connectivity index (χ4v) is 2.61. The molecule has 2 heterocycles. The van der Waals surface area contributed by atoms with Gasteiger partial charge in [0.15, 0.2) is 0 Å². The molecule has 1 aromatic rings. The first-order valence-electron chi connectivity index (χ1n) is 6.07. The fourth-order valence-electron chi connectivity index (χ4n) is 2.20. The summed E-state index contributed by atoms with van der Waals surface area (Å²) >= 11 is 3.60. The van der Waals surface area contributed by atoms with Crippen LogP contribution in [0.15, 0.2) is 6.20 Å². The predicted octanol–water partition coefficient (Wildman–Crippen LogP) is 1.98. The maximum atomic E-state index is 12.4. The molecule has 1 aromatic heterocycles. The molecule has 0 bridgehead atoms. The largest absolute Gasteiger partial charge is 0.338 e. The van der Waals surface area contributed by atoms with E-state index in [2.05, 4.69) is 21.0 Å². The second-order valence-electron chi connectivity index (χ2n) is 4.48. The molecule has 4 nitrogen and oxygen atoms in total. The zero-order chi connectivity index (χ0) is 12.4. The van der Waals surface area contributed by atoms with E-state index >= 15 is 0 Å². The van der Waals surface area contributed by atoms with Crippen LogP contribution in [0.4, 0.5) is 0 Å². The van der Waals surface area contributed by atoms with Gasteiger partial charge in [-0.15, -0.1) is 0 Å². The Labute approximate surface area is 110 Å². The highest BCUT2D eigenvalue weighted by Crippen LogP contribution is 2.20. The van der Waals surface area contributed by atoms with Gasteiger partial charge in [0, 0.05) is 31.2 Å². The molecule has 5 heteroatoms. The summed E-state index contributed by atoms with van der Waals surface area (Å²) in [5.41, 5.74) is 1.67. The number of nitrogens with zero attached hydrogens (tertiary/aromatic N) is 3. The number of hydrogen-bond donors (Lipinski definition) is 0. The van der Waals surface area contributed by atoms with E-state index in [0.29, 0.717) is 4.83 Å². The number of hydrogen-bond acceptors (Lipinski definition) is 2. The molecule has 0 saturated carbocycles. The quantitative estimate of drug-likeness (QED) is 0.783. The number of alkyl halides is 1. The summed E-state index contributed by atoms with van der Waals surface area (Å²) in [6, 6.07) is 0. The molecule has 0 radical (unpaired) electrons. The van der Waals surface area contributed by atoms with Crippen LogP contribution >= 0.6 is 15.9 Å². The van der Waals surface area contributed by atoms with E-state index in [1.165, 1.54) is 0 Å². The van der Waals surface area contributed by atoms with E-state index in [0.717, 1.165) is 43.6 Å². The van der Waals surface area contributed by atoms with Gasteiger partial charge in [0.25, 0.3) is 5.91 Å². The summed E-state index contributed by atoms with van der Waals surface area (Å²) in [7, 11) is 1.86. The van der Waals surface area contributed by atoms with Crippen LogP contribution in [0.25, 0.3) is 0 Å². The molecule has 1 fully saturated rings. The van der Waals surface area contributed by atoms with Crippen LogP contribution in [-0.4, -0.2) is 38.5 Å². The minimum atomic E-state index is 0.134. The highest BCUT2D eigenvalue weighted by atomic mass is 79.9. The molecule has 1 saturated heterocycles.